The lowest BCUT2D eigenvalue weighted by Crippen LogP contribution is -1.96. The fourth-order valence-corrected chi connectivity index (χ4v) is 1.41. The third-order valence-corrected chi connectivity index (χ3v) is 2.35. The second-order valence-electron chi connectivity index (χ2n) is 3.75. The SMILES string of the molecule is Cc1ccc(Oc2ncnc(C)c2O)c(C)n1. The summed E-state index contributed by atoms with van der Waals surface area (Å²) in [5.41, 5.74) is 2.14. The standard InChI is InChI=1S/C12H13N3O2/c1-7-4-5-10(8(2)15-7)17-12-11(16)9(3)13-6-14-12/h4-6,16H,1-3H3. The third-order valence-electron chi connectivity index (χ3n) is 2.35. The van der Waals surface area contributed by atoms with E-state index in [9.17, 15) is 5.11 Å². The Morgan fingerprint density at radius 1 is 1.06 bits per heavy atom. The lowest BCUT2D eigenvalue weighted by Gasteiger charge is -2.09. The van der Waals surface area contributed by atoms with E-state index in [1.54, 1.807) is 13.0 Å². The van der Waals surface area contributed by atoms with Crippen LogP contribution in [0.15, 0.2) is 18.5 Å². The molecule has 0 bridgehead atoms. The topological polar surface area (TPSA) is 68.1 Å². The largest absolute Gasteiger partial charge is 0.502 e. The van der Waals surface area contributed by atoms with Crippen LogP contribution in [0, 0.1) is 20.8 Å². The van der Waals surface area contributed by atoms with E-state index in [0.29, 0.717) is 11.4 Å². The summed E-state index contributed by atoms with van der Waals surface area (Å²) in [5.74, 6) is 0.669. The molecule has 1 N–H and O–H groups in total. The summed E-state index contributed by atoms with van der Waals surface area (Å²) in [6.45, 7) is 5.43. The molecule has 0 atom stereocenters. The molecule has 2 rings (SSSR count). The number of ether oxygens (including phenoxy) is 1. The molecule has 0 spiro atoms. The predicted octanol–water partition coefficient (Wildman–Crippen LogP) is 2.29. The van der Waals surface area contributed by atoms with Gasteiger partial charge in [-0.05, 0) is 32.9 Å². The van der Waals surface area contributed by atoms with Gasteiger partial charge in [0.1, 0.15) is 6.33 Å². The molecule has 5 heteroatoms. The summed E-state index contributed by atoms with van der Waals surface area (Å²) in [5, 5.41) is 9.73. The molecule has 17 heavy (non-hydrogen) atoms. The molecule has 0 radical (unpaired) electrons. The quantitative estimate of drug-likeness (QED) is 0.858. The zero-order valence-electron chi connectivity index (χ0n) is 9.93. The number of hydrogen-bond acceptors (Lipinski definition) is 5. The summed E-state index contributed by atoms with van der Waals surface area (Å²) >= 11 is 0. The van der Waals surface area contributed by atoms with Gasteiger partial charge in [-0.3, -0.25) is 4.98 Å². The number of aryl methyl sites for hydroxylation is 3. The van der Waals surface area contributed by atoms with E-state index in [0.717, 1.165) is 11.4 Å². The van der Waals surface area contributed by atoms with Crippen LogP contribution in [0.4, 0.5) is 0 Å². The maximum atomic E-state index is 9.73. The molecule has 0 aliphatic heterocycles. The normalized spacial score (nSPS) is 10.3. The van der Waals surface area contributed by atoms with Gasteiger partial charge in [0.15, 0.2) is 5.75 Å². The minimum Gasteiger partial charge on any atom is -0.502 e. The van der Waals surface area contributed by atoms with Crippen LogP contribution in [0.1, 0.15) is 17.1 Å². The van der Waals surface area contributed by atoms with Gasteiger partial charge in [-0.15, -0.1) is 0 Å². The lowest BCUT2D eigenvalue weighted by atomic mass is 10.3. The van der Waals surface area contributed by atoms with Gasteiger partial charge in [0.25, 0.3) is 5.88 Å². The Balaban J connectivity index is 2.35. The van der Waals surface area contributed by atoms with Gasteiger partial charge in [-0.2, -0.15) is 4.98 Å². The molecular weight excluding hydrogens is 218 g/mol. The molecule has 0 fully saturated rings. The molecule has 0 aromatic carbocycles. The Morgan fingerprint density at radius 3 is 2.53 bits per heavy atom. The predicted molar refractivity (Wildman–Crippen MR) is 62.2 cm³/mol. The highest BCUT2D eigenvalue weighted by molar-refractivity contribution is 5.39. The highest BCUT2D eigenvalue weighted by Gasteiger charge is 2.10. The maximum absolute atomic E-state index is 9.73. The number of aromatic nitrogens is 3. The van der Waals surface area contributed by atoms with Gasteiger partial charge < -0.3 is 9.84 Å². The van der Waals surface area contributed by atoms with E-state index < -0.39 is 0 Å². The Kier molecular flexibility index (Phi) is 2.91. The zero-order valence-corrected chi connectivity index (χ0v) is 9.93. The van der Waals surface area contributed by atoms with E-state index in [2.05, 4.69) is 15.0 Å². The zero-order chi connectivity index (χ0) is 12.4. The van der Waals surface area contributed by atoms with Crippen LogP contribution >= 0.6 is 0 Å². The summed E-state index contributed by atoms with van der Waals surface area (Å²) in [6, 6.07) is 3.64. The van der Waals surface area contributed by atoms with Crippen molar-refractivity contribution in [3.8, 4) is 17.4 Å². The van der Waals surface area contributed by atoms with Crippen LogP contribution in [-0.4, -0.2) is 20.1 Å². The van der Waals surface area contributed by atoms with Gasteiger partial charge in [0.2, 0.25) is 5.75 Å². The van der Waals surface area contributed by atoms with E-state index in [4.69, 9.17) is 4.74 Å². The Hall–Kier alpha value is -2.17. The van der Waals surface area contributed by atoms with Crippen molar-refractivity contribution in [2.45, 2.75) is 20.8 Å². The molecule has 0 aliphatic rings. The molecule has 0 saturated carbocycles. The van der Waals surface area contributed by atoms with Gasteiger partial charge in [0, 0.05) is 5.69 Å². The van der Waals surface area contributed by atoms with E-state index in [-0.39, 0.29) is 11.6 Å². The molecule has 0 aliphatic carbocycles. The fourth-order valence-electron chi connectivity index (χ4n) is 1.41. The first-order chi connectivity index (χ1) is 8.08. The van der Waals surface area contributed by atoms with Crippen LogP contribution in [0.25, 0.3) is 0 Å². The Labute approximate surface area is 99.2 Å². The molecule has 88 valence electrons. The highest BCUT2D eigenvalue weighted by Crippen LogP contribution is 2.30. The highest BCUT2D eigenvalue weighted by atomic mass is 16.5. The smallest absolute Gasteiger partial charge is 0.265 e. The summed E-state index contributed by atoms with van der Waals surface area (Å²) in [6.07, 6.45) is 1.35. The van der Waals surface area contributed by atoms with E-state index in [1.165, 1.54) is 6.33 Å². The number of aromatic hydroxyl groups is 1. The molecule has 0 amide bonds. The third kappa shape index (κ3) is 2.33. The number of hydrogen-bond donors (Lipinski definition) is 1. The second-order valence-corrected chi connectivity index (χ2v) is 3.75. The first-order valence-electron chi connectivity index (χ1n) is 5.20. The Bertz CT molecular complexity index is 555. The van der Waals surface area contributed by atoms with Gasteiger partial charge >= 0.3 is 0 Å². The van der Waals surface area contributed by atoms with Gasteiger partial charge in [-0.1, -0.05) is 0 Å². The van der Waals surface area contributed by atoms with Crippen molar-refractivity contribution in [3.63, 3.8) is 0 Å². The number of pyridine rings is 1. The van der Waals surface area contributed by atoms with Crippen molar-refractivity contribution in [2.75, 3.05) is 0 Å². The maximum Gasteiger partial charge on any atom is 0.265 e. The van der Waals surface area contributed by atoms with Gasteiger partial charge in [-0.25, -0.2) is 4.98 Å². The van der Waals surface area contributed by atoms with Gasteiger partial charge in [0.05, 0.1) is 11.4 Å². The van der Waals surface area contributed by atoms with E-state index >= 15 is 0 Å². The summed E-state index contributed by atoms with van der Waals surface area (Å²) in [4.78, 5) is 12.0. The number of nitrogens with zero attached hydrogens (tertiary/aromatic N) is 3. The summed E-state index contributed by atoms with van der Waals surface area (Å²) < 4.78 is 5.51. The van der Waals surface area contributed by atoms with Crippen LogP contribution in [-0.2, 0) is 0 Å². The first-order valence-corrected chi connectivity index (χ1v) is 5.20. The van der Waals surface area contributed by atoms with Crippen molar-refractivity contribution in [3.05, 3.63) is 35.5 Å². The molecule has 0 saturated heterocycles. The second kappa shape index (κ2) is 4.37. The van der Waals surface area contributed by atoms with Crippen LogP contribution < -0.4 is 4.74 Å². The summed E-state index contributed by atoms with van der Waals surface area (Å²) in [7, 11) is 0. The van der Waals surface area contributed by atoms with Crippen molar-refractivity contribution in [1.82, 2.24) is 15.0 Å². The minimum absolute atomic E-state index is 0.0486. The fraction of sp³-hybridized carbons (Fsp3) is 0.250. The van der Waals surface area contributed by atoms with Crippen LogP contribution in [0.5, 0.6) is 17.4 Å². The minimum atomic E-state index is -0.0486. The molecule has 2 aromatic heterocycles. The monoisotopic (exact) mass is 231 g/mol. The van der Waals surface area contributed by atoms with E-state index in [1.807, 2.05) is 19.9 Å². The van der Waals surface area contributed by atoms with Crippen LogP contribution in [0.2, 0.25) is 0 Å². The lowest BCUT2D eigenvalue weighted by molar-refractivity contribution is 0.389. The molecular formula is C12H13N3O2. The molecule has 2 aromatic rings. The van der Waals surface area contributed by atoms with Crippen molar-refractivity contribution in [2.24, 2.45) is 0 Å². The average molecular weight is 231 g/mol. The molecule has 5 nitrogen and oxygen atoms in total. The van der Waals surface area contributed by atoms with Crippen molar-refractivity contribution in [1.29, 1.82) is 0 Å². The van der Waals surface area contributed by atoms with Crippen molar-refractivity contribution >= 4 is 0 Å². The molecule has 0 unspecified atom stereocenters. The number of rotatable bonds is 2. The first kappa shape index (κ1) is 11.3. The van der Waals surface area contributed by atoms with Crippen LogP contribution in [0.3, 0.4) is 0 Å². The van der Waals surface area contributed by atoms with Crippen molar-refractivity contribution < 1.29 is 9.84 Å². The molecule has 2 heterocycles. The Morgan fingerprint density at radius 2 is 1.82 bits per heavy atom. The average Bonchev–Trinajstić information content (AvgIpc) is 2.28.